The van der Waals surface area contributed by atoms with Crippen molar-refractivity contribution in [3.8, 4) is 5.75 Å². The predicted octanol–water partition coefficient (Wildman–Crippen LogP) is 1.87. The predicted molar refractivity (Wildman–Crippen MR) is 147 cm³/mol. The number of likely N-dealkylation sites (tertiary alicyclic amines) is 1. The number of aromatic amines is 1. The molecule has 1 fully saturated rings. The Morgan fingerprint density at radius 3 is 2.45 bits per heavy atom. The van der Waals surface area contributed by atoms with Gasteiger partial charge in [-0.1, -0.05) is 19.9 Å². The van der Waals surface area contributed by atoms with Crippen LogP contribution in [0.1, 0.15) is 50.5 Å². The monoisotopic (exact) mass is 588 g/mol. The third-order valence-electron chi connectivity index (χ3n) is 6.83. The van der Waals surface area contributed by atoms with Crippen molar-refractivity contribution in [2.75, 3.05) is 27.4 Å². The van der Waals surface area contributed by atoms with Crippen LogP contribution in [0.2, 0.25) is 0 Å². The van der Waals surface area contributed by atoms with Gasteiger partial charge in [-0.05, 0) is 43.4 Å². The summed E-state index contributed by atoms with van der Waals surface area (Å²) in [5.41, 5.74) is 0.878. The molecule has 1 aromatic carbocycles. The maximum atomic E-state index is 13.5. The van der Waals surface area contributed by atoms with Crippen LogP contribution in [0, 0.1) is 11.8 Å². The van der Waals surface area contributed by atoms with E-state index in [9.17, 15) is 28.8 Å². The number of carbonyl (C=O) groups is 6. The largest absolute Gasteiger partial charge is 0.540 e. The molecule has 1 aromatic heterocycles. The normalized spacial score (nSPS) is 16.2. The second-order valence-electron chi connectivity index (χ2n) is 10.3. The third kappa shape index (κ3) is 8.06. The highest BCUT2D eigenvalue weighted by molar-refractivity contribution is 6.02. The van der Waals surface area contributed by atoms with Crippen LogP contribution in [-0.4, -0.2) is 84.9 Å². The second kappa shape index (κ2) is 14.4. The molecule has 3 N–H and O–H groups in total. The lowest BCUT2D eigenvalue weighted by Gasteiger charge is -2.25. The highest BCUT2D eigenvalue weighted by Crippen LogP contribution is 2.26. The zero-order valence-electron chi connectivity index (χ0n) is 24.2. The Balaban J connectivity index is 1.78. The van der Waals surface area contributed by atoms with E-state index in [1.54, 1.807) is 24.3 Å². The average Bonchev–Trinajstić information content (AvgIpc) is 3.55. The molecule has 228 valence electrons. The van der Waals surface area contributed by atoms with E-state index in [1.807, 2.05) is 13.8 Å². The van der Waals surface area contributed by atoms with E-state index in [0.29, 0.717) is 23.1 Å². The fraction of sp³-hybridized carbons (Fsp3) is 0.500. The number of methoxy groups -OCH3 is 2. The minimum absolute atomic E-state index is 0.0182. The average molecular weight is 589 g/mol. The van der Waals surface area contributed by atoms with E-state index >= 15 is 0 Å². The molecule has 42 heavy (non-hydrogen) atoms. The number of nitrogens with one attached hydrogen (secondary N) is 3. The maximum Gasteiger partial charge on any atom is 0.540 e. The molecule has 0 saturated carbocycles. The Morgan fingerprint density at radius 1 is 1.10 bits per heavy atom. The maximum absolute atomic E-state index is 13.5. The van der Waals surface area contributed by atoms with Crippen LogP contribution in [0.25, 0.3) is 10.9 Å². The molecule has 1 saturated heterocycles. The quantitative estimate of drug-likeness (QED) is 0.177. The van der Waals surface area contributed by atoms with Crippen LogP contribution in [0.3, 0.4) is 0 Å². The van der Waals surface area contributed by atoms with Crippen molar-refractivity contribution in [1.82, 2.24) is 20.5 Å². The molecule has 0 unspecified atom stereocenters. The van der Waals surface area contributed by atoms with E-state index in [1.165, 1.54) is 14.0 Å². The highest BCUT2D eigenvalue weighted by atomic mass is 17.2. The van der Waals surface area contributed by atoms with Gasteiger partial charge in [-0.3, -0.25) is 33.8 Å². The fourth-order valence-corrected chi connectivity index (χ4v) is 4.73. The summed E-state index contributed by atoms with van der Waals surface area (Å²) in [7, 11) is 2.57. The molecule has 14 heteroatoms. The molecule has 3 atom stereocenters. The van der Waals surface area contributed by atoms with Crippen LogP contribution in [-0.2, 0) is 33.7 Å². The van der Waals surface area contributed by atoms with E-state index in [4.69, 9.17) is 4.74 Å². The molecule has 3 rings (SSSR count). The van der Waals surface area contributed by atoms with Crippen molar-refractivity contribution in [1.29, 1.82) is 0 Å². The first kappa shape index (κ1) is 32.1. The number of benzene rings is 1. The standard InChI is InChI=1S/C28H36N4O10/c1-15(2)11-21(31-26(36)22-13-18-19(29-22)7-6-8-24(18)39-4)25(35)30-20(23(34)14-41-42-28(38)40-5)12-17-9-10-32(16(3)33)27(17)37/h6-8,13,15,17,20-21,29H,9-12,14H2,1-5H3,(H,30,35)(H,31,36)/t17-,20-,21-/m0/s1. The minimum atomic E-state index is -1.25. The second-order valence-corrected chi connectivity index (χ2v) is 10.3. The molecule has 0 aliphatic carbocycles. The van der Waals surface area contributed by atoms with Crippen LogP contribution < -0.4 is 15.4 Å². The lowest BCUT2D eigenvalue weighted by atomic mass is 9.95. The first-order valence-electron chi connectivity index (χ1n) is 13.4. The molecule has 0 spiro atoms. The van der Waals surface area contributed by atoms with Crippen molar-refractivity contribution in [2.24, 2.45) is 11.8 Å². The number of hydrogen-bond donors (Lipinski definition) is 3. The number of aromatic nitrogens is 1. The SMILES string of the molecule is COC(=O)OOCC(=O)[C@H](C[C@@H]1CCN(C(C)=O)C1=O)NC(=O)[C@H](CC(C)C)NC(=O)c1cc2c(OC)cccc2[nH]1. The Morgan fingerprint density at radius 2 is 1.83 bits per heavy atom. The molecular weight excluding hydrogens is 552 g/mol. The van der Waals surface area contributed by atoms with Crippen LogP contribution in [0.5, 0.6) is 5.75 Å². The number of imide groups is 1. The molecule has 2 heterocycles. The van der Waals surface area contributed by atoms with Gasteiger partial charge in [0.2, 0.25) is 17.7 Å². The van der Waals surface area contributed by atoms with Gasteiger partial charge in [-0.2, -0.15) is 4.89 Å². The lowest BCUT2D eigenvalue weighted by Crippen LogP contribution is -2.53. The molecule has 1 aliphatic heterocycles. The van der Waals surface area contributed by atoms with Crippen LogP contribution in [0.4, 0.5) is 4.79 Å². The van der Waals surface area contributed by atoms with Gasteiger partial charge in [-0.15, -0.1) is 0 Å². The van der Waals surface area contributed by atoms with Crippen molar-refractivity contribution in [2.45, 2.75) is 52.1 Å². The third-order valence-corrected chi connectivity index (χ3v) is 6.83. The fourth-order valence-electron chi connectivity index (χ4n) is 4.73. The van der Waals surface area contributed by atoms with E-state index in [2.05, 4.69) is 30.1 Å². The molecule has 0 bridgehead atoms. The highest BCUT2D eigenvalue weighted by Gasteiger charge is 2.38. The van der Waals surface area contributed by atoms with Gasteiger partial charge in [0.05, 0.1) is 20.3 Å². The van der Waals surface area contributed by atoms with Crippen LogP contribution >= 0.6 is 0 Å². The lowest BCUT2D eigenvalue weighted by molar-refractivity contribution is -0.249. The van der Waals surface area contributed by atoms with E-state index < -0.39 is 60.2 Å². The summed E-state index contributed by atoms with van der Waals surface area (Å²) in [5.74, 6) is -2.94. The number of carbonyl (C=O) groups excluding carboxylic acids is 6. The topological polar surface area (TPSA) is 182 Å². The van der Waals surface area contributed by atoms with Crippen molar-refractivity contribution >= 4 is 46.5 Å². The van der Waals surface area contributed by atoms with Gasteiger partial charge in [0.1, 0.15) is 17.5 Å². The number of rotatable bonds is 13. The molecule has 14 nitrogen and oxygen atoms in total. The van der Waals surface area contributed by atoms with E-state index in [-0.39, 0.29) is 31.0 Å². The number of nitrogens with zero attached hydrogens (tertiary/aromatic N) is 1. The van der Waals surface area contributed by atoms with Crippen molar-refractivity contribution in [3.05, 3.63) is 30.0 Å². The van der Waals surface area contributed by atoms with Gasteiger partial charge >= 0.3 is 6.16 Å². The number of fused-ring (bicyclic) bond motifs is 1. The Labute approximate surface area is 242 Å². The number of ether oxygens (including phenoxy) is 2. The summed E-state index contributed by atoms with van der Waals surface area (Å²) >= 11 is 0. The Kier molecular flexibility index (Phi) is 11.0. The van der Waals surface area contributed by atoms with Crippen molar-refractivity contribution in [3.63, 3.8) is 0 Å². The van der Waals surface area contributed by atoms with Gasteiger partial charge in [-0.25, -0.2) is 4.79 Å². The van der Waals surface area contributed by atoms with Gasteiger partial charge in [0.15, 0.2) is 12.4 Å². The van der Waals surface area contributed by atoms with Crippen molar-refractivity contribution < 1.29 is 48.0 Å². The first-order chi connectivity index (χ1) is 19.9. The summed E-state index contributed by atoms with van der Waals surface area (Å²) < 4.78 is 9.64. The Hall–Kier alpha value is -4.46. The zero-order chi connectivity index (χ0) is 31.0. The molecule has 0 radical (unpaired) electrons. The summed E-state index contributed by atoms with van der Waals surface area (Å²) in [4.78, 5) is 88.5. The van der Waals surface area contributed by atoms with E-state index in [0.717, 1.165) is 12.0 Å². The number of H-pyrrole nitrogens is 1. The minimum Gasteiger partial charge on any atom is -0.496 e. The Bertz CT molecular complexity index is 1340. The van der Waals surface area contributed by atoms with Gasteiger partial charge in [0, 0.05) is 30.3 Å². The number of hydrogen-bond acceptors (Lipinski definition) is 10. The summed E-state index contributed by atoms with van der Waals surface area (Å²) in [6.45, 7) is 4.46. The molecule has 1 aliphatic rings. The van der Waals surface area contributed by atoms with Gasteiger partial charge in [0.25, 0.3) is 5.91 Å². The number of Topliss-reactive ketones (excluding diaryl/α,β-unsaturated/α-hetero) is 1. The van der Waals surface area contributed by atoms with Gasteiger partial charge < -0.3 is 25.1 Å². The molecule has 4 amide bonds. The first-order valence-corrected chi connectivity index (χ1v) is 13.4. The molecule has 2 aromatic rings. The summed E-state index contributed by atoms with van der Waals surface area (Å²) in [6.07, 6.45) is -0.766. The number of amides is 4. The zero-order valence-corrected chi connectivity index (χ0v) is 24.2. The van der Waals surface area contributed by atoms with Crippen LogP contribution in [0.15, 0.2) is 24.3 Å². The smallest absolute Gasteiger partial charge is 0.496 e. The summed E-state index contributed by atoms with van der Waals surface area (Å²) in [6, 6.07) is 4.65. The summed E-state index contributed by atoms with van der Waals surface area (Å²) in [5, 5.41) is 6.04. The number of ketones is 1. The molecular formula is C28H36N4O10.